The molecular weight excluding hydrogens is 207 g/mol. The molecule has 0 aliphatic carbocycles. The van der Waals surface area contributed by atoms with Gasteiger partial charge in [0.15, 0.2) is 11.6 Å². The van der Waals surface area contributed by atoms with Gasteiger partial charge in [-0.3, -0.25) is 0 Å². The van der Waals surface area contributed by atoms with Gasteiger partial charge in [-0.1, -0.05) is 11.6 Å². The maximum absolute atomic E-state index is 13.1. The third kappa shape index (κ3) is 2.16. The lowest BCUT2D eigenvalue weighted by molar-refractivity contribution is 0.287. The highest BCUT2D eigenvalue weighted by Gasteiger charge is 2.13. The Balaban J connectivity index is 3.11. The highest BCUT2D eigenvalue weighted by molar-refractivity contribution is 6.31. The first-order chi connectivity index (χ1) is 6.57. The molecule has 0 atom stereocenters. The number of rotatable bonds is 3. The van der Waals surface area contributed by atoms with Crippen molar-refractivity contribution >= 4 is 11.6 Å². The third-order valence-corrected chi connectivity index (χ3v) is 2.55. The van der Waals surface area contributed by atoms with Gasteiger partial charge >= 0.3 is 0 Å². The molecule has 78 valence electrons. The van der Waals surface area contributed by atoms with Crippen LogP contribution in [0.1, 0.15) is 17.5 Å². The fourth-order valence-electron chi connectivity index (χ4n) is 1.32. The van der Waals surface area contributed by atoms with Crippen LogP contribution in [-0.2, 0) is 6.42 Å². The van der Waals surface area contributed by atoms with Crippen molar-refractivity contribution in [2.24, 2.45) is 0 Å². The molecule has 0 saturated heterocycles. The van der Waals surface area contributed by atoms with Gasteiger partial charge in [0.2, 0.25) is 0 Å². The van der Waals surface area contributed by atoms with Crippen LogP contribution in [0.15, 0.2) is 6.07 Å². The van der Waals surface area contributed by atoms with E-state index in [1.807, 2.05) is 0 Å². The minimum absolute atomic E-state index is 0.00696. The van der Waals surface area contributed by atoms with Crippen LogP contribution in [0.3, 0.4) is 0 Å². The van der Waals surface area contributed by atoms with E-state index in [0.29, 0.717) is 29.0 Å². The second kappa shape index (κ2) is 4.62. The number of benzene rings is 1. The largest absolute Gasteiger partial charge is 0.505 e. The summed E-state index contributed by atoms with van der Waals surface area (Å²) in [6.45, 7) is 1.72. The van der Waals surface area contributed by atoms with Crippen molar-refractivity contribution in [3.05, 3.63) is 28.0 Å². The van der Waals surface area contributed by atoms with E-state index in [0.717, 1.165) is 6.07 Å². The Morgan fingerprint density at radius 3 is 2.71 bits per heavy atom. The fraction of sp³-hybridized carbons (Fsp3) is 0.400. The molecule has 1 rings (SSSR count). The van der Waals surface area contributed by atoms with Crippen molar-refractivity contribution in [2.75, 3.05) is 6.61 Å². The van der Waals surface area contributed by atoms with Gasteiger partial charge in [-0.2, -0.15) is 0 Å². The smallest absolute Gasteiger partial charge is 0.166 e. The Hall–Kier alpha value is -0.800. The average Bonchev–Trinajstić information content (AvgIpc) is 2.15. The molecule has 0 amide bonds. The van der Waals surface area contributed by atoms with E-state index >= 15 is 0 Å². The van der Waals surface area contributed by atoms with Crippen LogP contribution < -0.4 is 0 Å². The Morgan fingerprint density at radius 1 is 1.50 bits per heavy atom. The Kier molecular flexibility index (Phi) is 3.72. The second-order valence-electron chi connectivity index (χ2n) is 3.12. The summed E-state index contributed by atoms with van der Waals surface area (Å²) in [6, 6.07) is 1.09. The van der Waals surface area contributed by atoms with Crippen molar-refractivity contribution in [2.45, 2.75) is 19.8 Å². The minimum atomic E-state index is -0.714. The molecule has 2 nitrogen and oxygen atoms in total. The molecule has 2 N–H and O–H groups in total. The summed E-state index contributed by atoms with van der Waals surface area (Å²) in [5.74, 6) is -1.08. The fourth-order valence-corrected chi connectivity index (χ4v) is 1.53. The van der Waals surface area contributed by atoms with Crippen LogP contribution in [0.4, 0.5) is 4.39 Å². The maximum Gasteiger partial charge on any atom is 0.166 e. The zero-order valence-corrected chi connectivity index (χ0v) is 8.60. The predicted octanol–water partition coefficient (Wildman–Crippen LogP) is 2.42. The summed E-state index contributed by atoms with van der Waals surface area (Å²) in [7, 11) is 0. The highest BCUT2D eigenvalue weighted by Crippen LogP contribution is 2.31. The van der Waals surface area contributed by atoms with E-state index in [9.17, 15) is 9.50 Å². The molecule has 0 heterocycles. The molecule has 0 radical (unpaired) electrons. The van der Waals surface area contributed by atoms with Crippen molar-refractivity contribution in [1.29, 1.82) is 0 Å². The normalized spacial score (nSPS) is 10.6. The number of aromatic hydroxyl groups is 1. The first-order valence-electron chi connectivity index (χ1n) is 4.35. The molecule has 4 heteroatoms. The van der Waals surface area contributed by atoms with Gasteiger partial charge in [0.25, 0.3) is 0 Å². The molecule has 0 spiro atoms. The van der Waals surface area contributed by atoms with Gasteiger partial charge in [0.1, 0.15) is 0 Å². The van der Waals surface area contributed by atoms with Crippen LogP contribution >= 0.6 is 11.6 Å². The lowest BCUT2D eigenvalue weighted by Crippen LogP contribution is -1.96. The number of phenols is 1. The molecule has 0 aliphatic rings. The van der Waals surface area contributed by atoms with Gasteiger partial charge in [0.05, 0.1) is 0 Å². The van der Waals surface area contributed by atoms with E-state index in [1.54, 1.807) is 6.92 Å². The van der Waals surface area contributed by atoms with Crippen LogP contribution in [0, 0.1) is 12.7 Å². The molecule has 0 fully saturated rings. The van der Waals surface area contributed by atoms with Gasteiger partial charge in [-0.25, -0.2) is 4.39 Å². The van der Waals surface area contributed by atoms with Crippen LogP contribution in [-0.4, -0.2) is 16.8 Å². The van der Waals surface area contributed by atoms with E-state index in [2.05, 4.69) is 0 Å². The van der Waals surface area contributed by atoms with Crippen molar-refractivity contribution in [3.63, 3.8) is 0 Å². The molecule has 0 aliphatic heterocycles. The molecule has 0 bridgehead atoms. The molecular formula is C10H12ClFO2. The van der Waals surface area contributed by atoms with E-state index in [1.165, 1.54) is 0 Å². The monoisotopic (exact) mass is 218 g/mol. The van der Waals surface area contributed by atoms with Gasteiger partial charge in [-0.15, -0.1) is 0 Å². The lowest BCUT2D eigenvalue weighted by Gasteiger charge is -2.10. The predicted molar refractivity (Wildman–Crippen MR) is 53.2 cm³/mol. The van der Waals surface area contributed by atoms with Gasteiger partial charge in [0, 0.05) is 17.2 Å². The first-order valence-corrected chi connectivity index (χ1v) is 4.73. The van der Waals surface area contributed by atoms with E-state index in [4.69, 9.17) is 16.7 Å². The number of aliphatic hydroxyl groups excluding tert-OH is 1. The molecule has 0 aromatic heterocycles. The minimum Gasteiger partial charge on any atom is -0.505 e. The van der Waals surface area contributed by atoms with Crippen LogP contribution in [0.5, 0.6) is 5.75 Å². The average molecular weight is 219 g/mol. The highest BCUT2D eigenvalue weighted by atomic mass is 35.5. The van der Waals surface area contributed by atoms with Crippen molar-refractivity contribution < 1.29 is 14.6 Å². The zero-order valence-electron chi connectivity index (χ0n) is 7.85. The van der Waals surface area contributed by atoms with Crippen molar-refractivity contribution in [1.82, 2.24) is 0 Å². The van der Waals surface area contributed by atoms with Crippen LogP contribution in [0.2, 0.25) is 5.02 Å². The molecule has 0 saturated carbocycles. The number of hydrogen-bond donors (Lipinski definition) is 2. The number of aliphatic hydroxyl groups is 1. The van der Waals surface area contributed by atoms with Gasteiger partial charge in [-0.05, 0) is 31.4 Å². The van der Waals surface area contributed by atoms with Crippen molar-refractivity contribution in [3.8, 4) is 5.75 Å². The summed E-state index contributed by atoms with van der Waals surface area (Å²) in [6.07, 6.45) is 0.903. The molecule has 1 aromatic carbocycles. The van der Waals surface area contributed by atoms with Gasteiger partial charge < -0.3 is 10.2 Å². The summed E-state index contributed by atoms with van der Waals surface area (Å²) in [5.41, 5.74) is 1.14. The van der Waals surface area contributed by atoms with E-state index in [-0.39, 0.29) is 12.4 Å². The molecule has 1 aromatic rings. The number of hydrogen-bond acceptors (Lipinski definition) is 2. The SMILES string of the molecule is Cc1c(Cl)cc(F)c(O)c1CCCO. The summed E-state index contributed by atoms with van der Waals surface area (Å²) >= 11 is 5.76. The Labute approximate surface area is 86.9 Å². The summed E-state index contributed by atoms with van der Waals surface area (Å²) in [4.78, 5) is 0. The summed E-state index contributed by atoms with van der Waals surface area (Å²) < 4.78 is 13.1. The second-order valence-corrected chi connectivity index (χ2v) is 3.53. The third-order valence-electron chi connectivity index (χ3n) is 2.16. The maximum atomic E-state index is 13.1. The molecule has 0 unspecified atom stereocenters. The standard InChI is InChI=1S/C10H12ClFO2/c1-6-7(3-2-4-13)10(14)9(12)5-8(6)11/h5,13-14H,2-4H2,1H3. The van der Waals surface area contributed by atoms with E-state index < -0.39 is 5.82 Å². The zero-order chi connectivity index (χ0) is 10.7. The summed E-state index contributed by atoms with van der Waals surface area (Å²) in [5, 5.41) is 18.4. The molecule has 14 heavy (non-hydrogen) atoms. The topological polar surface area (TPSA) is 40.5 Å². The number of halogens is 2. The van der Waals surface area contributed by atoms with Crippen LogP contribution in [0.25, 0.3) is 0 Å². The first kappa shape index (κ1) is 11.3. The Bertz CT molecular complexity index is 313. The quantitative estimate of drug-likeness (QED) is 0.818. The number of phenolic OH excluding ortho intramolecular Hbond substituents is 1. The lowest BCUT2D eigenvalue weighted by atomic mass is 10.0. The Morgan fingerprint density at radius 2 is 2.14 bits per heavy atom.